The summed E-state index contributed by atoms with van der Waals surface area (Å²) >= 11 is 0. The van der Waals surface area contributed by atoms with Gasteiger partial charge in [0.15, 0.2) is 0 Å². The van der Waals surface area contributed by atoms with E-state index in [0.717, 1.165) is 0 Å². The fourth-order valence-electron chi connectivity index (χ4n) is 0.759. The van der Waals surface area contributed by atoms with Gasteiger partial charge in [-0.25, -0.2) is 4.39 Å². The van der Waals surface area contributed by atoms with Crippen LogP contribution in [0.4, 0.5) is 4.39 Å². The van der Waals surface area contributed by atoms with E-state index < -0.39 is 6.17 Å². The summed E-state index contributed by atoms with van der Waals surface area (Å²) in [6.07, 6.45) is 0.167. The summed E-state index contributed by atoms with van der Waals surface area (Å²) in [5.41, 5.74) is 0. The van der Waals surface area contributed by atoms with Crippen LogP contribution in [0.25, 0.3) is 0 Å². The molecule has 0 N–H and O–H groups in total. The number of alkyl halides is 1. The van der Waals surface area contributed by atoms with Crippen LogP contribution in [0, 0.1) is 5.92 Å². The third-order valence-corrected chi connectivity index (χ3v) is 1.47. The molecule has 0 heterocycles. The highest BCUT2D eigenvalue weighted by atomic mass is 19.1. The Labute approximate surface area is 47.9 Å². The molecule has 0 aliphatic heterocycles. The van der Waals surface area contributed by atoms with Gasteiger partial charge in [0, 0.05) is 6.42 Å². The fraction of sp³-hybridized carbons (Fsp3) is 0.833. The van der Waals surface area contributed by atoms with E-state index in [1.807, 2.05) is 0 Å². The SMILES string of the molecule is CCC(=O)[C@@H]1C[C@H]1F. The van der Waals surface area contributed by atoms with Gasteiger partial charge in [-0.1, -0.05) is 6.92 Å². The first-order chi connectivity index (χ1) is 3.75. The first kappa shape index (κ1) is 5.73. The van der Waals surface area contributed by atoms with Crippen LogP contribution < -0.4 is 0 Å². The second-order valence-corrected chi connectivity index (χ2v) is 2.18. The van der Waals surface area contributed by atoms with Crippen molar-refractivity contribution in [2.24, 2.45) is 5.92 Å². The molecule has 0 aromatic rings. The Bertz CT molecular complexity index is 111. The van der Waals surface area contributed by atoms with Crippen LogP contribution in [-0.2, 0) is 4.79 Å². The summed E-state index contributed by atoms with van der Waals surface area (Å²) in [4.78, 5) is 10.5. The molecule has 8 heavy (non-hydrogen) atoms. The van der Waals surface area contributed by atoms with Gasteiger partial charge in [-0.3, -0.25) is 4.79 Å². The molecule has 2 heteroatoms. The van der Waals surface area contributed by atoms with Gasteiger partial charge < -0.3 is 0 Å². The van der Waals surface area contributed by atoms with E-state index in [1.54, 1.807) is 6.92 Å². The first-order valence-electron chi connectivity index (χ1n) is 2.92. The summed E-state index contributed by atoms with van der Waals surface area (Å²) in [6, 6.07) is 0. The molecule has 0 aromatic heterocycles. The Hall–Kier alpha value is -0.400. The minimum Gasteiger partial charge on any atom is -0.299 e. The van der Waals surface area contributed by atoms with E-state index in [-0.39, 0.29) is 11.7 Å². The van der Waals surface area contributed by atoms with E-state index >= 15 is 0 Å². The average molecular weight is 116 g/mol. The Kier molecular flexibility index (Phi) is 1.32. The topological polar surface area (TPSA) is 17.1 Å². The van der Waals surface area contributed by atoms with Crippen molar-refractivity contribution >= 4 is 5.78 Å². The zero-order valence-electron chi connectivity index (χ0n) is 4.86. The molecule has 0 radical (unpaired) electrons. The number of Topliss-reactive ketones (excluding diaryl/α,β-unsaturated/α-hetero) is 1. The van der Waals surface area contributed by atoms with Gasteiger partial charge in [0.1, 0.15) is 12.0 Å². The third kappa shape index (κ3) is 0.881. The number of ketones is 1. The minimum atomic E-state index is -0.803. The molecular weight excluding hydrogens is 107 g/mol. The van der Waals surface area contributed by atoms with E-state index in [0.29, 0.717) is 12.8 Å². The molecule has 0 amide bonds. The van der Waals surface area contributed by atoms with Crippen molar-refractivity contribution in [1.82, 2.24) is 0 Å². The summed E-state index contributed by atoms with van der Waals surface area (Å²) < 4.78 is 12.0. The second-order valence-electron chi connectivity index (χ2n) is 2.18. The molecule has 0 aromatic carbocycles. The molecule has 1 aliphatic rings. The predicted molar refractivity (Wildman–Crippen MR) is 28.3 cm³/mol. The van der Waals surface area contributed by atoms with Crippen molar-refractivity contribution in [2.45, 2.75) is 25.9 Å². The third-order valence-electron chi connectivity index (χ3n) is 1.47. The van der Waals surface area contributed by atoms with Crippen LogP contribution in [0.1, 0.15) is 19.8 Å². The lowest BCUT2D eigenvalue weighted by atomic mass is 10.2. The molecule has 1 saturated carbocycles. The molecule has 0 saturated heterocycles. The monoisotopic (exact) mass is 116 g/mol. The molecule has 0 spiro atoms. The molecule has 2 atom stereocenters. The van der Waals surface area contributed by atoms with Crippen LogP contribution in [0.2, 0.25) is 0 Å². The Morgan fingerprint density at radius 2 is 2.38 bits per heavy atom. The van der Waals surface area contributed by atoms with E-state index in [2.05, 4.69) is 0 Å². The summed E-state index contributed by atoms with van der Waals surface area (Å²) in [7, 11) is 0. The molecular formula is C6H9FO. The van der Waals surface area contributed by atoms with Crippen molar-refractivity contribution in [2.75, 3.05) is 0 Å². The van der Waals surface area contributed by atoms with Gasteiger partial charge in [-0.2, -0.15) is 0 Å². The normalized spacial score (nSPS) is 34.8. The number of hydrogen-bond acceptors (Lipinski definition) is 1. The highest BCUT2D eigenvalue weighted by molar-refractivity contribution is 5.83. The van der Waals surface area contributed by atoms with Crippen LogP contribution >= 0.6 is 0 Å². The van der Waals surface area contributed by atoms with Crippen molar-refractivity contribution < 1.29 is 9.18 Å². The van der Waals surface area contributed by atoms with E-state index in [9.17, 15) is 9.18 Å². The fourth-order valence-corrected chi connectivity index (χ4v) is 0.759. The van der Waals surface area contributed by atoms with Crippen molar-refractivity contribution in [3.05, 3.63) is 0 Å². The lowest BCUT2D eigenvalue weighted by molar-refractivity contribution is -0.120. The van der Waals surface area contributed by atoms with Crippen LogP contribution in [0.3, 0.4) is 0 Å². The summed E-state index contributed by atoms with van der Waals surface area (Å²) in [5.74, 6) is -0.141. The molecule has 1 aliphatic carbocycles. The number of hydrogen-bond donors (Lipinski definition) is 0. The van der Waals surface area contributed by atoms with Gasteiger partial charge in [-0.05, 0) is 6.42 Å². The lowest BCUT2D eigenvalue weighted by Crippen LogP contribution is -1.98. The van der Waals surface area contributed by atoms with Crippen LogP contribution in [-0.4, -0.2) is 12.0 Å². The molecule has 1 fully saturated rings. The summed E-state index contributed by atoms with van der Waals surface area (Å²) in [6.45, 7) is 1.77. The number of carbonyl (C=O) groups excluding carboxylic acids is 1. The molecule has 0 bridgehead atoms. The van der Waals surface area contributed by atoms with Crippen LogP contribution in [0.15, 0.2) is 0 Å². The first-order valence-corrected chi connectivity index (χ1v) is 2.92. The standard InChI is InChI=1S/C6H9FO/c1-2-6(8)4-3-5(4)7/h4-5H,2-3H2,1H3/t4-,5-/m1/s1. The van der Waals surface area contributed by atoms with Crippen LogP contribution in [0.5, 0.6) is 0 Å². The van der Waals surface area contributed by atoms with Crippen molar-refractivity contribution in [1.29, 1.82) is 0 Å². The van der Waals surface area contributed by atoms with Gasteiger partial charge in [0.25, 0.3) is 0 Å². The maximum absolute atomic E-state index is 12.0. The molecule has 1 nitrogen and oxygen atoms in total. The molecule has 1 rings (SSSR count). The van der Waals surface area contributed by atoms with E-state index in [4.69, 9.17) is 0 Å². The highest BCUT2D eigenvalue weighted by Crippen LogP contribution is 2.35. The van der Waals surface area contributed by atoms with Crippen molar-refractivity contribution in [3.63, 3.8) is 0 Å². The largest absolute Gasteiger partial charge is 0.299 e. The average Bonchev–Trinajstić information content (AvgIpc) is 2.45. The maximum Gasteiger partial charge on any atom is 0.138 e. The maximum atomic E-state index is 12.0. The Morgan fingerprint density at radius 3 is 2.50 bits per heavy atom. The Morgan fingerprint density at radius 1 is 1.88 bits per heavy atom. The van der Waals surface area contributed by atoms with Gasteiger partial charge >= 0.3 is 0 Å². The van der Waals surface area contributed by atoms with E-state index in [1.165, 1.54) is 0 Å². The minimum absolute atomic E-state index is 0.0810. The molecule has 0 unspecified atom stereocenters. The van der Waals surface area contributed by atoms with Gasteiger partial charge in [0.05, 0.1) is 5.92 Å². The number of carbonyl (C=O) groups is 1. The quantitative estimate of drug-likeness (QED) is 0.531. The molecule has 46 valence electrons. The zero-order valence-corrected chi connectivity index (χ0v) is 4.86. The van der Waals surface area contributed by atoms with Crippen molar-refractivity contribution in [3.8, 4) is 0 Å². The summed E-state index contributed by atoms with van der Waals surface area (Å²) in [5, 5.41) is 0. The predicted octanol–water partition coefficient (Wildman–Crippen LogP) is 1.32. The number of halogens is 1. The number of rotatable bonds is 2. The lowest BCUT2D eigenvalue weighted by Gasteiger charge is -1.85. The Balaban J connectivity index is 2.28. The van der Waals surface area contributed by atoms with Gasteiger partial charge in [0.2, 0.25) is 0 Å². The van der Waals surface area contributed by atoms with Gasteiger partial charge in [-0.15, -0.1) is 0 Å². The highest BCUT2D eigenvalue weighted by Gasteiger charge is 2.42. The smallest absolute Gasteiger partial charge is 0.138 e. The second kappa shape index (κ2) is 1.84. The zero-order chi connectivity index (χ0) is 6.15.